The lowest BCUT2D eigenvalue weighted by molar-refractivity contribution is 0.0946. The molecule has 1 aliphatic heterocycles. The lowest BCUT2D eigenvalue weighted by Crippen LogP contribution is -2.30. The Bertz CT molecular complexity index is 939. The highest BCUT2D eigenvalue weighted by Gasteiger charge is 2.17. The number of nitrogens with one attached hydrogen (secondary N) is 1. The maximum atomic E-state index is 12.9. The molecule has 0 aliphatic carbocycles. The number of hydrogen-bond donors (Lipinski definition) is 1. The van der Waals surface area contributed by atoms with E-state index in [4.69, 9.17) is 0 Å². The maximum absolute atomic E-state index is 12.9. The molecule has 0 atom stereocenters. The van der Waals surface area contributed by atoms with E-state index in [2.05, 4.69) is 39.5 Å². The number of anilines is 1. The highest BCUT2D eigenvalue weighted by atomic mass is 19.1. The van der Waals surface area contributed by atoms with Gasteiger partial charge in [0.25, 0.3) is 5.91 Å². The third kappa shape index (κ3) is 3.97. The Balaban J connectivity index is 1.38. The largest absolute Gasteiger partial charge is 0.366 e. The van der Waals surface area contributed by atoms with E-state index in [-0.39, 0.29) is 11.7 Å². The van der Waals surface area contributed by atoms with Crippen molar-refractivity contribution in [3.05, 3.63) is 95.1 Å². The Morgan fingerprint density at radius 3 is 2.56 bits per heavy atom. The molecule has 4 nitrogen and oxygen atoms in total. The van der Waals surface area contributed by atoms with Crippen LogP contribution in [0, 0.1) is 5.82 Å². The van der Waals surface area contributed by atoms with Crippen LogP contribution in [0.2, 0.25) is 0 Å². The normalized spacial score (nSPS) is 13.1. The van der Waals surface area contributed by atoms with E-state index in [9.17, 15) is 9.18 Å². The van der Waals surface area contributed by atoms with Crippen LogP contribution in [-0.4, -0.2) is 17.4 Å². The zero-order valence-electron chi connectivity index (χ0n) is 14.9. The molecule has 1 amide bonds. The molecule has 1 N–H and O–H groups in total. The van der Waals surface area contributed by atoms with Crippen LogP contribution in [0.25, 0.3) is 0 Å². The summed E-state index contributed by atoms with van der Waals surface area (Å²) >= 11 is 0. The summed E-state index contributed by atoms with van der Waals surface area (Å²) in [6.07, 6.45) is 2.76. The molecule has 0 spiro atoms. The molecule has 0 radical (unpaired) electrons. The molecular formula is C22H20FN3O. The fraction of sp³-hybridized carbons (Fsp3) is 0.182. The number of halogens is 1. The van der Waals surface area contributed by atoms with Gasteiger partial charge in [0.2, 0.25) is 0 Å². The summed E-state index contributed by atoms with van der Waals surface area (Å²) in [7, 11) is 0. The van der Waals surface area contributed by atoms with E-state index in [0.717, 1.165) is 30.8 Å². The minimum Gasteiger partial charge on any atom is -0.366 e. The molecule has 3 aromatic rings. The molecule has 136 valence electrons. The molecule has 1 aliphatic rings. The van der Waals surface area contributed by atoms with Crippen molar-refractivity contribution in [1.82, 2.24) is 10.3 Å². The van der Waals surface area contributed by atoms with Crippen LogP contribution in [0.3, 0.4) is 0 Å². The lowest BCUT2D eigenvalue weighted by atomic mass is 10.00. The van der Waals surface area contributed by atoms with Crippen molar-refractivity contribution in [2.75, 3.05) is 11.4 Å². The molecule has 27 heavy (non-hydrogen) atoms. The molecule has 5 heteroatoms. The first-order valence-corrected chi connectivity index (χ1v) is 8.99. The lowest BCUT2D eigenvalue weighted by Gasteiger charge is -2.30. The van der Waals surface area contributed by atoms with Gasteiger partial charge in [0.15, 0.2) is 0 Å². The molecule has 2 aromatic carbocycles. The quantitative estimate of drug-likeness (QED) is 0.770. The second-order valence-electron chi connectivity index (χ2n) is 6.65. The molecule has 4 rings (SSSR count). The highest BCUT2D eigenvalue weighted by molar-refractivity contribution is 5.92. The number of benzene rings is 2. The van der Waals surface area contributed by atoms with E-state index in [1.54, 1.807) is 24.4 Å². The van der Waals surface area contributed by atoms with Gasteiger partial charge in [-0.05, 0) is 47.4 Å². The first-order chi connectivity index (χ1) is 13.2. The Morgan fingerprint density at radius 1 is 1.04 bits per heavy atom. The zero-order valence-corrected chi connectivity index (χ0v) is 14.9. The van der Waals surface area contributed by atoms with Crippen molar-refractivity contribution in [3.8, 4) is 0 Å². The third-order valence-corrected chi connectivity index (χ3v) is 4.84. The fourth-order valence-electron chi connectivity index (χ4n) is 3.30. The first-order valence-electron chi connectivity index (χ1n) is 8.99. The average Bonchev–Trinajstić information content (AvgIpc) is 2.73. The summed E-state index contributed by atoms with van der Waals surface area (Å²) in [5.74, 6) is -0.530. The summed E-state index contributed by atoms with van der Waals surface area (Å²) in [6.45, 7) is 2.13. The van der Waals surface area contributed by atoms with Gasteiger partial charge in [0, 0.05) is 19.6 Å². The number of fused-ring (bicyclic) bond motifs is 1. The van der Waals surface area contributed by atoms with Gasteiger partial charge in [-0.1, -0.05) is 36.4 Å². The SMILES string of the molecule is O=C(NCc1ccc(F)cc1)c1ccc(N2CCc3ccccc3C2)cn1. The number of nitrogens with zero attached hydrogens (tertiary/aromatic N) is 2. The minimum absolute atomic E-state index is 0.241. The monoisotopic (exact) mass is 361 g/mol. The van der Waals surface area contributed by atoms with Crippen molar-refractivity contribution < 1.29 is 9.18 Å². The van der Waals surface area contributed by atoms with Gasteiger partial charge in [-0.25, -0.2) is 9.37 Å². The summed E-state index contributed by atoms with van der Waals surface area (Å²) in [5, 5.41) is 2.81. The third-order valence-electron chi connectivity index (χ3n) is 4.84. The fourth-order valence-corrected chi connectivity index (χ4v) is 3.30. The van der Waals surface area contributed by atoms with Crippen LogP contribution in [0.1, 0.15) is 27.2 Å². The van der Waals surface area contributed by atoms with Gasteiger partial charge in [0.05, 0.1) is 11.9 Å². The molecule has 0 saturated carbocycles. The second kappa shape index (κ2) is 7.58. The predicted molar refractivity (Wildman–Crippen MR) is 103 cm³/mol. The summed E-state index contributed by atoms with van der Waals surface area (Å²) < 4.78 is 12.9. The van der Waals surface area contributed by atoms with E-state index in [0.29, 0.717) is 12.2 Å². The topological polar surface area (TPSA) is 45.2 Å². The number of carbonyl (C=O) groups is 1. The maximum Gasteiger partial charge on any atom is 0.270 e. The van der Waals surface area contributed by atoms with E-state index in [1.165, 1.54) is 23.3 Å². The smallest absolute Gasteiger partial charge is 0.270 e. The molecule has 0 saturated heterocycles. The summed E-state index contributed by atoms with van der Waals surface area (Å²) in [5.41, 5.74) is 4.97. The summed E-state index contributed by atoms with van der Waals surface area (Å²) in [4.78, 5) is 18.9. The Hall–Kier alpha value is -3.21. The molecular weight excluding hydrogens is 341 g/mol. The van der Waals surface area contributed by atoms with E-state index in [1.807, 2.05) is 6.07 Å². The molecule has 0 unspecified atom stereocenters. The predicted octanol–water partition coefficient (Wildman–Crippen LogP) is 3.71. The van der Waals surface area contributed by atoms with Crippen molar-refractivity contribution in [2.45, 2.75) is 19.5 Å². The van der Waals surface area contributed by atoms with Crippen LogP contribution >= 0.6 is 0 Å². The molecule has 0 bridgehead atoms. The summed E-state index contributed by atoms with van der Waals surface area (Å²) in [6, 6.07) is 18.2. The Labute approximate surface area is 157 Å². The van der Waals surface area contributed by atoms with Gasteiger partial charge in [-0.2, -0.15) is 0 Å². The van der Waals surface area contributed by atoms with Crippen molar-refractivity contribution in [1.29, 1.82) is 0 Å². The van der Waals surface area contributed by atoms with Gasteiger partial charge >= 0.3 is 0 Å². The van der Waals surface area contributed by atoms with Gasteiger partial charge in [-0.15, -0.1) is 0 Å². The number of hydrogen-bond acceptors (Lipinski definition) is 3. The number of amides is 1. The minimum atomic E-state index is -0.289. The zero-order chi connectivity index (χ0) is 18.6. The number of rotatable bonds is 4. The van der Waals surface area contributed by atoms with Crippen LogP contribution < -0.4 is 10.2 Å². The Morgan fingerprint density at radius 2 is 1.81 bits per heavy atom. The van der Waals surface area contributed by atoms with Gasteiger partial charge < -0.3 is 10.2 Å². The van der Waals surface area contributed by atoms with Gasteiger partial charge in [-0.3, -0.25) is 4.79 Å². The number of pyridine rings is 1. The standard InChI is InChI=1S/C22H20FN3O/c23-19-7-5-16(6-8-19)13-25-22(27)21-10-9-20(14-24-21)26-12-11-17-3-1-2-4-18(17)15-26/h1-10,14H,11-13,15H2,(H,25,27). The van der Waals surface area contributed by atoms with Crippen LogP contribution in [0.15, 0.2) is 66.9 Å². The van der Waals surface area contributed by atoms with Crippen LogP contribution in [0.4, 0.5) is 10.1 Å². The average molecular weight is 361 g/mol. The van der Waals surface area contributed by atoms with Crippen LogP contribution in [-0.2, 0) is 19.5 Å². The number of carbonyl (C=O) groups excluding carboxylic acids is 1. The van der Waals surface area contributed by atoms with Crippen molar-refractivity contribution in [3.63, 3.8) is 0 Å². The van der Waals surface area contributed by atoms with Gasteiger partial charge in [0.1, 0.15) is 11.5 Å². The Kier molecular flexibility index (Phi) is 4.83. The first kappa shape index (κ1) is 17.2. The van der Waals surface area contributed by atoms with E-state index < -0.39 is 0 Å². The van der Waals surface area contributed by atoms with Crippen molar-refractivity contribution >= 4 is 11.6 Å². The molecule has 0 fully saturated rings. The molecule has 1 aromatic heterocycles. The number of aromatic nitrogens is 1. The van der Waals surface area contributed by atoms with Crippen LogP contribution in [0.5, 0.6) is 0 Å². The molecule has 2 heterocycles. The van der Waals surface area contributed by atoms with Crippen molar-refractivity contribution in [2.24, 2.45) is 0 Å². The van der Waals surface area contributed by atoms with E-state index >= 15 is 0 Å². The second-order valence-corrected chi connectivity index (χ2v) is 6.65. The highest BCUT2D eigenvalue weighted by Crippen LogP contribution is 2.23.